The second-order valence-corrected chi connectivity index (χ2v) is 5.79. The van der Waals surface area contributed by atoms with Gasteiger partial charge in [-0.15, -0.1) is 11.3 Å². The van der Waals surface area contributed by atoms with Crippen molar-refractivity contribution < 1.29 is 9.53 Å². The van der Waals surface area contributed by atoms with E-state index in [4.69, 9.17) is 10.5 Å². The summed E-state index contributed by atoms with van der Waals surface area (Å²) in [5.41, 5.74) is 6.35. The zero-order valence-corrected chi connectivity index (χ0v) is 11.1. The molecule has 4 nitrogen and oxygen atoms in total. The van der Waals surface area contributed by atoms with Crippen LogP contribution in [0.2, 0.25) is 0 Å². The molecule has 0 saturated carbocycles. The highest BCUT2D eigenvalue weighted by atomic mass is 32.1. The molecule has 0 amide bonds. The summed E-state index contributed by atoms with van der Waals surface area (Å²) in [6.07, 6.45) is 0. The van der Waals surface area contributed by atoms with E-state index in [9.17, 15) is 4.79 Å². The van der Waals surface area contributed by atoms with Gasteiger partial charge in [0.05, 0.1) is 18.8 Å². The Morgan fingerprint density at radius 1 is 1.50 bits per heavy atom. The van der Waals surface area contributed by atoms with Crippen LogP contribution in [0, 0.1) is 0 Å². The van der Waals surface area contributed by atoms with Crippen molar-refractivity contribution in [1.82, 2.24) is 4.98 Å². The Hall–Kier alpha value is -0.940. The molecule has 0 bridgehead atoms. The number of carbonyl (C=O) groups is 1. The van der Waals surface area contributed by atoms with Gasteiger partial charge in [0.25, 0.3) is 0 Å². The zero-order valence-electron chi connectivity index (χ0n) is 10.3. The lowest BCUT2D eigenvalue weighted by Crippen LogP contribution is -2.17. The molecular weight excluding hydrogens is 224 g/mol. The summed E-state index contributed by atoms with van der Waals surface area (Å²) in [7, 11) is 1.38. The third-order valence-corrected chi connectivity index (χ3v) is 3.35. The number of thiazole rings is 1. The molecule has 0 fully saturated rings. The van der Waals surface area contributed by atoms with Gasteiger partial charge < -0.3 is 10.5 Å². The lowest BCUT2D eigenvalue weighted by Gasteiger charge is -2.16. The number of hydrogen-bond acceptors (Lipinski definition) is 5. The highest BCUT2D eigenvalue weighted by molar-refractivity contribution is 7.13. The molecule has 0 aromatic carbocycles. The van der Waals surface area contributed by atoms with E-state index >= 15 is 0 Å². The largest absolute Gasteiger partial charge is 0.465 e. The fourth-order valence-corrected chi connectivity index (χ4v) is 2.42. The average Bonchev–Trinajstić information content (AvgIpc) is 2.60. The summed E-state index contributed by atoms with van der Waals surface area (Å²) in [6, 6.07) is -0.162. The van der Waals surface area contributed by atoms with Gasteiger partial charge in [-0.3, -0.25) is 0 Å². The highest BCUT2D eigenvalue weighted by Gasteiger charge is 2.28. The SMILES string of the molecule is COC(=O)c1sc(C(C)N)nc1C(C)(C)C. The van der Waals surface area contributed by atoms with Crippen molar-refractivity contribution in [3.05, 3.63) is 15.6 Å². The summed E-state index contributed by atoms with van der Waals surface area (Å²) >= 11 is 1.32. The van der Waals surface area contributed by atoms with Crippen molar-refractivity contribution in [2.24, 2.45) is 5.73 Å². The summed E-state index contributed by atoms with van der Waals surface area (Å²) in [4.78, 5) is 16.6. The van der Waals surface area contributed by atoms with Crippen LogP contribution in [0.15, 0.2) is 0 Å². The van der Waals surface area contributed by atoms with Gasteiger partial charge in [0.2, 0.25) is 0 Å². The van der Waals surface area contributed by atoms with Crippen LogP contribution in [0.1, 0.15) is 54.1 Å². The van der Waals surface area contributed by atoms with Crippen LogP contribution in [0.5, 0.6) is 0 Å². The van der Waals surface area contributed by atoms with E-state index in [0.29, 0.717) is 4.88 Å². The van der Waals surface area contributed by atoms with Gasteiger partial charge in [0, 0.05) is 5.41 Å². The Morgan fingerprint density at radius 2 is 2.06 bits per heavy atom. The molecule has 16 heavy (non-hydrogen) atoms. The molecule has 90 valence electrons. The monoisotopic (exact) mass is 242 g/mol. The fraction of sp³-hybridized carbons (Fsp3) is 0.636. The molecule has 1 unspecified atom stereocenters. The summed E-state index contributed by atoms with van der Waals surface area (Å²) in [5, 5.41) is 0.769. The number of esters is 1. The number of nitrogens with zero attached hydrogens (tertiary/aromatic N) is 1. The summed E-state index contributed by atoms with van der Waals surface area (Å²) in [6.45, 7) is 7.89. The number of ether oxygens (including phenoxy) is 1. The van der Waals surface area contributed by atoms with Crippen molar-refractivity contribution in [2.75, 3.05) is 7.11 Å². The van der Waals surface area contributed by atoms with Crippen LogP contribution in [-0.2, 0) is 10.2 Å². The third-order valence-electron chi connectivity index (χ3n) is 2.11. The molecule has 1 aromatic heterocycles. The Kier molecular flexibility index (Phi) is 3.70. The number of hydrogen-bond donors (Lipinski definition) is 1. The Morgan fingerprint density at radius 3 is 2.44 bits per heavy atom. The van der Waals surface area contributed by atoms with Crippen LogP contribution in [0.3, 0.4) is 0 Å². The first-order valence-electron chi connectivity index (χ1n) is 5.12. The molecule has 1 heterocycles. The minimum Gasteiger partial charge on any atom is -0.465 e. The van der Waals surface area contributed by atoms with Crippen molar-refractivity contribution in [2.45, 2.75) is 39.2 Å². The van der Waals surface area contributed by atoms with Crippen LogP contribution in [0.25, 0.3) is 0 Å². The normalized spacial score (nSPS) is 13.6. The first-order valence-corrected chi connectivity index (χ1v) is 5.94. The highest BCUT2D eigenvalue weighted by Crippen LogP contribution is 2.31. The van der Waals surface area contributed by atoms with E-state index in [1.165, 1.54) is 18.4 Å². The lowest BCUT2D eigenvalue weighted by molar-refractivity contribution is 0.0603. The van der Waals surface area contributed by atoms with Gasteiger partial charge in [-0.1, -0.05) is 20.8 Å². The van der Waals surface area contributed by atoms with Gasteiger partial charge in [0.15, 0.2) is 0 Å². The van der Waals surface area contributed by atoms with Crippen molar-refractivity contribution >= 4 is 17.3 Å². The predicted octanol–water partition coefficient (Wildman–Crippen LogP) is 2.25. The number of methoxy groups -OCH3 is 1. The van der Waals surface area contributed by atoms with E-state index < -0.39 is 0 Å². The lowest BCUT2D eigenvalue weighted by atomic mass is 9.91. The topological polar surface area (TPSA) is 65.2 Å². The quantitative estimate of drug-likeness (QED) is 0.808. The van der Waals surface area contributed by atoms with Gasteiger partial charge in [0.1, 0.15) is 9.88 Å². The Labute approximate surface area is 99.8 Å². The molecule has 0 spiro atoms. The van der Waals surface area contributed by atoms with Crippen molar-refractivity contribution in [3.63, 3.8) is 0 Å². The van der Waals surface area contributed by atoms with Crippen LogP contribution < -0.4 is 5.73 Å². The van der Waals surface area contributed by atoms with Gasteiger partial charge >= 0.3 is 5.97 Å². The van der Waals surface area contributed by atoms with E-state index in [-0.39, 0.29) is 17.4 Å². The minimum absolute atomic E-state index is 0.162. The predicted molar refractivity (Wildman–Crippen MR) is 64.8 cm³/mol. The molecule has 1 rings (SSSR count). The molecule has 0 saturated heterocycles. The number of rotatable bonds is 2. The molecule has 2 N–H and O–H groups in total. The van der Waals surface area contributed by atoms with Crippen LogP contribution in [-0.4, -0.2) is 18.1 Å². The molecule has 1 aromatic rings. The molecule has 1 atom stereocenters. The first-order chi connectivity index (χ1) is 7.27. The van der Waals surface area contributed by atoms with Crippen molar-refractivity contribution in [3.8, 4) is 0 Å². The third kappa shape index (κ3) is 2.59. The molecule has 5 heteroatoms. The second kappa shape index (κ2) is 4.51. The maximum absolute atomic E-state index is 11.6. The van der Waals surface area contributed by atoms with E-state index in [1.807, 2.05) is 27.7 Å². The van der Waals surface area contributed by atoms with E-state index in [2.05, 4.69) is 4.98 Å². The van der Waals surface area contributed by atoms with Gasteiger partial charge in [-0.2, -0.15) is 0 Å². The van der Waals surface area contributed by atoms with Crippen LogP contribution in [0.4, 0.5) is 0 Å². The molecule has 0 aliphatic heterocycles. The molecule has 0 radical (unpaired) electrons. The van der Waals surface area contributed by atoms with Crippen LogP contribution >= 0.6 is 11.3 Å². The maximum Gasteiger partial charge on any atom is 0.350 e. The van der Waals surface area contributed by atoms with Crippen molar-refractivity contribution in [1.29, 1.82) is 0 Å². The van der Waals surface area contributed by atoms with Gasteiger partial charge in [-0.25, -0.2) is 9.78 Å². The molecular formula is C11H18N2O2S. The molecule has 0 aliphatic carbocycles. The first kappa shape index (κ1) is 13.1. The average molecular weight is 242 g/mol. The smallest absolute Gasteiger partial charge is 0.350 e. The zero-order chi connectivity index (χ0) is 12.5. The maximum atomic E-state index is 11.6. The summed E-state index contributed by atoms with van der Waals surface area (Å²) < 4.78 is 4.76. The number of aromatic nitrogens is 1. The second-order valence-electron chi connectivity index (χ2n) is 4.76. The minimum atomic E-state index is -0.339. The Bertz CT molecular complexity index is 391. The summed E-state index contributed by atoms with van der Waals surface area (Å²) in [5.74, 6) is -0.339. The number of nitrogens with two attached hydrogens (primary N) is 1. The Balaban J connectivity index is 3.29. The van der Waals surface area contributed by atoms with Gasteiger partial charge in [-0.05, 0) is 6.92 Å². The number of carbonyl (C=O) groups excluding carboxylic acids is 1. The van der Waals surface area contributed by atoms with E-state index in [1.54, 1.807) is 0 Å². The van der Waals surface area contributed by atoms with E-state index in [0.717, 1.165) is 10.7 Å². The standard InChI is InChI=1S/C11H18N2O2S/c1-6(12)9-13-8(11(2,3)4)7(16-9)10(14)15-5/h6H,12H2,1-5H3. The fourth-order valence-electron chi connectivity index (χ4n) is 1.27. The molecule has 0 aliphatic rings.